The predicted octanol–water partition coefficient (Wildman–Crippen LogP) is 4.47. The molecule has 3 N–H and O–H groups in total. The van der Waals surface area contributed by atoms with Gasteiger partial charge in [-0.05, 0) is 40.2 Å². The first-order valence-corrected chi connectivity index (χ1v) is 9.10. The number of benzene rings is 2. The number of hydrogen-bond donors (Lipinski definition) is 2. The van der Waals surface area contributed by atoms with Gasteiger partial charge in [0.05, 0.1) is 17.7 Å². The van der Waals surface area contributed by atoms with Crippen LogP contribution in [0, 0.1) is 5.82 Å². The highest BCUT2D eigenvalue weighted by atomic mass is 79.9. The SMILES string of the molecule is NC(=O)c1cccc(OC(CO)c2nc(-c3ccc(C(F)(F)F)cc3)c(Br)o2)c1F. The third-order valence-electron chi connectivity index (χ3n) is 4.03. The first kappa shape index (κ1) is 21.8. The average Bonchev–Trinajstić information content (AvgIpc) is 3.07. The molecule has 6 nitrogen and oxygen atoms in total. The van der Waals surface area contributed by atoms with Crippen LogP contribution in [0.1, 0.15) is 27.9 Å². The van der Waals surface area contributed by atoms with E-state index in [1.54, 1.807) is 0 Å². The zero-order chi connectivity index (χ0) is 22.1. The van der Waals surface area contributed by atoms with Crippen LogP contribution in [0.2, 0.25) is 0 Å². The van der Waals surface area contributed by atoms with E-state index < -0.39 is 41.7 Å². The second-order valence-electron chi connectivity index (χ2n) is 6.02. The number of carbonyl (C=O) groups is 1. The Labute approximate surface area is 175 Å². The lowest BCUT2D eigenvalue weighted by molar-refractivity contribution is -0.137. The number of halogens is 5. The van der Waals surface area contributed by atoms with Crippen molar-refractivity contribution in [3.8, 4) is 17.0 Å². The van der Waals surface area contributed by atoms with Crippen LogP contribution < -0.4 is 10.5 Å². The Morgan fingerprint density at radius 1 is 1.23 bits per heavy atom. The summed E-state index contributed by atoms with van der Waals surface area (Å²) in [6.07, 6.45) is -5.74. The maximum atomic E-state index is 14.4. The number of aliphatic hydroxyl groups is 1. The quantitative estimate of drug-likeness (QED) is 0.498. The van der Waals surface area contributed by atoms with Gasteiger partial charge in [-0.15, -0.1) is 0 Å². The number of amides is 1. The molecule has 2 aromatic carbocycles. The molecule has 0 spiro atoms. The van der Waals surface area contributed by atoms with Gasteiger partial charge < -0.3 is 20.0 Å². The highest BCUT2D eigenvalue weighted by Gasteiger charge is 2.30. The van der Waals surface area contributed by atoms with Crippen molar-refractivity contribution in [2.45, 2.75) is 12.3 Å². The number of aliphatic hydroxyl groups excluding tert-OH is 1. The number of nitrogens with two attached hydrogens (primary N) is 1. The lowest BCUT2D eigenvalue weighted by Crippen LogP contribution is -2.16. The summed E-state index contributed by atoms with van der Waals surface area (Å²) in [7, 11) is 0. The molecule has 0 saturated heterocycles. The summed E-state index contributed by atoms with van der Waals surface area (Å²) in [6.45, 7) is -0.667. The minimum atomic E-state index is -4.48. The van der Waals surface area contributed by atoms with E-state index in [-0.39, 0.29) is 22.0 Å². The molecule has 1 unspecified atom stereocenters. The van der Waals surface area contributed by atoms with Gasteiger partial charge >= 0.3 is 6.18 Å². The molecule has 0 aliphatic carbocycles. The monoisotopic (exact) mass is 488 g/mol. The standard InChI is InChI=1S/C19H13BrF4N2O4/c20-16-15(9-4-6-10(7-5-9)19(22,23)24)26-18(30-16)13(8-27)29-12-3-1-2-11(14(12)21)17(25)28/h1-7,13,27H,8H2,(H2,25,28). The lowest BCUT2D eigenvalue weighted by atomic mass is 10.1. The molecule has 0 radical (unpaired) electrons. The molecular weight excluding hydrogens is 476 g/mol. The maximum Gasteiger partial charge on any atom is 0.416 e. The molecule has 0 aliphatic heterocycles. The normalized spacial score (nSPS) is 12.6. The fourth-order valence-electron chi connectivity index (χ4n) is 2.56. The number of carbonyl (C=O) groups excluding carboxylic acids is 1. The van der Waals surface area contributed by atoms with E-state index in [0.29, 0.717) is 5.56 Å². The van der Waals surface area contributed by atoms with Gasteiger partial charge in [0.2, 0.25) is 5.89 Å². The summed E-state index contributed by atoms with van der Waals surface area (Å²) in [6, 6.07) is 7.93. The van der Waals surface area contributed by atoms with Crippen molar-refractivity contribution in [1.29, 1.82) is 0 Å². The summed E-state index contributed by atoms with van der Waals surface area (Å²) < 4.78 is 63.4. The highest BCUT2D eigenvalue weighted by Crippen LogP contribution is 2.35. The summed E-state index contributed by atoms with van der Waals surface area (Å²) in [5.41, 5.74) is 4.33. The van der Waals surface area contributed by atoms with Crippen LogP contribution in [-0.2, 0) is 6.18 Å². The maximum absolute atomic E-state index is 14.4. The molecule has 30 heavy (non-hydrogen) atoms. The predicted molar refractivity (Wildman–Crippen MR) is 100 cm³/mol. The van der Waals surface area contributed by atoms with Gasteiger partial charge in [0.25, 0.3) is 5.91 Å². The van der Waals surface area contributed by atoms with Crippen LogP contribution in [-0.4, -0.2) is 22.6 Å². The number of aromatic nitrogens is 1. The van der Waals surface area contributed by atoms with Crippen LogP contribution in [0.4, 0.5) is 17.6 Å². The molecule has 158 valence electrons. The highest BCUT2D eigenvalue weighted by molar-refractivity contribution is 9.10. The molecule has 11 heteroatoms. The van der Waals surface area contributed by atoms with E-state index >= 15 is 0 Å². The topological polar surface area (TPSA) is 98.6 Å². The van der Waals surface area contributed by atoms with Gasteiger partial charge in [-0.3, -0.25) is 4.79 Å². The van der Waals surface area contributed by atoms with E-state index in [1.165, 1.54) is 30.3 Å². The molecule has 1 aromatic heterocycles. The van der Waals surface area contributed by atoms with Crippen LogP contribution >= 0.6 is 15.9 Å². The molecule has 0 bridgehead atoms. The van der Waals surface area contributed by atoms with E-state index in [9.17, 15) is 27.5 Å². The van der Waals surface area contributed by atoms with Crippen LogP contribution in [0.15, 0.2) is 51.6 Å². The van der Waals surface area contributed by atoms with Gasteiger partial charge in [0.15, 0.2) is 22.3 Å². The van der Waals surface area contributed by atoms with E-state index in [0.717, 1.165) is 12.1 Å². The van der Waals surface area contributed by atoms with Crippen molar-refractivity contribution >= 4 is 21.8 Å². The van der Waals surface area contributed by atoms with Crippen molar-refractivity contribution in [1.82, 2.24) is 4.98 Å². The van der Waals surface area contributed by atoms with Gasteiger partial charge in [-0.25, -0.2) is 9.37 Å². The van der Waals surface area contributed by atoms with Crippen molar-refractivity contribution in [3.05, 3.63) is 70.0 Å². The largest absolute Gasteiger partial charge is 0.475 e. The fraction of sp³-hybridized carbons (Fsp3) is 0.158. The summed E-state index contributed by atoms with van der Waals surface area (Å²) in [5.74, 6) is -2.54. The van der Waals surface area contributed by atoms with E-state index in [2.05, 4.69) is 20.9 Å². The lowest BCUT2D eigenvalue weighted by Gasteiger charge is -2.15. The Morgan fingerprint density at radius 3 is 2.47 bits per heavy atom. The Bertz CT molecular complexity index is 1070. The van der Waals surface area contributed by atoms with E-state index in [1.807, 2.05) is 0 Å². The molecule has 0 fully saturated rings. The average molecular weight is 489 g/mol. The number of primary amides is 1. The summed E-state index contributed by atoms with van der Waals surface area (Å²) in [5, 5.41) is 9.63. The number of hydrogen-bond acceptors (Lipinski definition) is 5. The second-order valence-corrected chi connectivity index (χ2v) is 6.74. The first-order chi connectivity index (χ1) is 14.1. The number of oxazole rings is 1. The molecule has 1 heterocycles. The first-order valence-electron chi connectivity index (χ1n) is 8.31. The molecule has 3 rings (SSSR count). The van der Waals surface area contributed by atoms with Gasteiger partial charge in [-0.2, -0.15) is 13.2 Å². The Kier molecular flexibility index (Phi) is 6.13. The Hall–Kier alpha value is -2.92. The zero-order valence-electron chi connectivity index (χ0n) is 14.9. The fourth-order valence-corrected chi connectivity index (χ4v) is 3.04. The molecule has 0 aliphatic rings. The van der Waals surface area contributed by atoms with Crippen molar-refractivity contribution in [2.75, 3.05) is 6.61 Å². The number of ether oxygens (including phenoxy) is 1. The molecule has 0 saturated carbocycles. The van der Waals surface area contributed by atoms with Crippen LogP contribution in [0.3, 0.4) is 0 Å². The van der Waals surface area contributed by atoms with Crippen molar-refractivity contribution < 1.29 is 36.6 Å². The third-order valence-corrected chi connectivity index (χ3v) is 4.56. The zero-order valence-corrected chi connectivity index (χ0v) is 16.5. The number of nitrogens with zero attached hydrogens (tertiary/aromatic N) is 1. The Morgan fingerprint density at radius 2 is 1.90 bits per heavy atom. The third kappa shape index (κ3) is 4.46. The smallest absolute Gasteiger partial charge is 0.416 e. The number of alkyl halides is 3. The molecule has 1 atom stereocenters. The minimum absolute atomic E-state index is 0.0747. The van der Waals surface area contributed by atoms with Crippen LogP contribution in [0.25, 0.3) is 11.3 Å². The Balaban J connectivity index is 1.89. The van der Waals surface area contributed by atoms with Crippen molar-refractivity contribution in [2.24, 2.45) is 5.73 Å². The van der Waals surface area contributed by atoms with Gasteiger partial charge in [0, 0.05) is 5.56 Å². The number of rotatable bonds is 6. The summed E-state index contributed by atoms with van der Waals surface area (Å²) in [4.78, 5) is 15.4. The summed E-state index contributed by atoms with van der Waals surface area (Å²) >= 11 is 3.12. The van der Waals surface area contributed by atoms with Crippen LogP contribution in [0.5, 0.6) is 5.75 Å². The van der Waals surface area contributed by atoms with Gasteiger partial charge in [0.1, 0.15) is 5.69 Å². The van der Waals surface area contributed by atoms with Crippen molar-refractivity contribution in [3.63, 3.8) is 0 Å². The second kappa shape index (κ2) is 8.44. The molecule has 3 aromatic rings. The molecule has 1 amide bonds. The minimum Gasteiger partial charge on any atom is -0.475 e. The van der Waals surface area contributed by atoms with E-state index in [4.69, 9.17) is 14.9 Å². The molecular formula is C19H13BrF4N2O4. The van der Waals surface area contributed by atoms with Gasteiger partial charge in [-0.1, -0.05) is 18.2 Å².